The second-order valence-electron chi connectivity index (χ2n) is 10.2. The smallest absolute Gasteiger partial charge is 0.101 e. The van der Waals surface area contributed by atoms with Crippen LogP contribution in [0.5, 0.6) is 0 Å². The number of alkyl halides is 1. The van der Waals surface area contributed by atoms with Crippen LogP contribution in [0.3, 0.4) is 0 Å². The monoisotopic (exact) mass is 471 g/mol. The maximum atomic E-state index is 12.4. The van der Waals surface area contributed by atoms with E-state index in [-0.39, 0.29) is 10.8 Å². The first-order chi connectivity index (χ1) is 13.4. The number of aromatic nitrogens is 1. The van der Waals surface area contributed by atoms with Crippen LogP contribution in [0.15, 0.2) is 47.0 Å². The number of halogens is 2. The highest BCUT2D eigenvalue weighted by atomic mass is 79.9. The van der Waals surface area contributed by atoms with Gasteiger partial charge in [0.2, 0.25) is 0 Å². The summed E-state index contributed by atoms with van der Waals surface area (Å²) in [6.45, 7) is 15.0. The Balaban J connectivity index is 2.10. The van der Waals surface area contributed by atoms with Crippen LogP contribution >= 0.6 is 27.5 Å². The quantitative estimate of drug-likeness (QED) is 0.351. The highest BCUT2D eigenvalue weighted by Crippen LogP contribution is 2.64. The van der Waals surface area contributed by atoms with Crippen molar-refractivity contribution in [2.24, 2.45) is 5.41 Å². The van der Waals surface area contributed by atoms with E-state index in [2.05, 4.69) is 86.4 Å². The van der Waals surface area contributed by atoms with Crippen molar-refractivity contribution in [3.63, 3.8) is 0 Å². The van der Waals surface area contributed by atoms with Crippen molar-refractivity contribution in [3.05, 3.63) is 63.8 Å². The molecule has 5 rings (SSSR count). The number of hydrogen-bond acceptors (Lipinski definition) is 1. The third kappa shape index (κ3) is 2.03. The molecule has 29 heavy (non-hydrogen) atoms. The summed E-state index contributed by atoms with van der Waals surface area (Å²) >= 11 is 10.9. The number of H-pyrrole nitrogens is 1. The number of rotatable bonds is 1. The molecule has 0 bridgehead atoms. The highest BCUT2D eigenvalue weighted by molar-refractivity contribution is 9.11. The minimum absolute atomic E-state index is 0.260. The Morgan fingerprint density at radius 2 is 1.93 bits per heavy atom. The van der Waals surface area contributed by atoms with Crippen molar-refractivity contribution in [2.45, 2.75) is 62.8 Å². The van der Waals surface area contributed by atoms with Gasteiger partial charge in [0, 0.05) is 48.3 Å². The molecule has 0 unspecified atom stereocenters. The molecule has 0 aliphatic heterocycles. The van der Waals surface area contributed by atoms with Gasteiger partial charge in [-0.2, -0.15) is 0 Å². The van der Waals surface area contributed by atoms with Gasteiger partial charge in [-0.25, -0.2) is 0 Å². The summed E-state index contributed by atoms with van der Waals surface area (Å²) in [5.74, 6) is 0. The van der Waals surface area contributed by atoms with Crippen LogP contribution < -0.4 is 0 Å². The van der Waals surface area contributed by atoms with Gasteiger partial charge in [0.25, 0.3) is 0 Å². The molecule has 0 saturated heterocycles. The summed E-state index contributed by atoms with van der Waals surface area (Å²) in [5.41, 5.74) is 4.43. The van der Waals surface area contributed by atoms with Crippen LogP contribution in [0.4, 0.5) is 0 Å². The standard InChI is InChI=1S/C25H27BrClNO/c1-7-24(6)14-11-16(26)22(2,3)21-19-18-13(9-8-10-15(18)28-21)23(4,5)25(29,20(14)19)12-17(24)27/h7-11,17,28-29H,1,12H2,2-6H3/t17-,24-,25-/m1/s1. The summed E-state index contributed by atoms with van der Waals surface area (Å²) in [6.07, 6.45) is 4.63. The van der Waals surface area contributed by atoms with E-state index in [0.29, 0.717) is 6.42 Å². The van der Waals surface area contributed by atoms with Crippen LogP contribution in [-0.4, -0.2) is 21.1 Å². The molecule has 3 aliphatic rings. The molecular weight excluding hydrogens is 446 g/mol. The Labute approximate surface area is 185 Å². The lowest BCUT2D eigenvalue weighted by Crippen LogP contribution is -2.57. The van der Waals surface area contributed by atoms with Crippen molar-refractivity contribution in [1.29, 1.82) is 0 Å². The van der Waals surface area contributed by atoms with Crippen LogP contribution in [0.25, 0.3) is 16.5 Å². The van der Waals surface area contributed by atoms with Gasteiger partial charge < -0.3 is 10.1 Å². The normalized spacial score (nSPS) is 34.1. The number of benzene rings is 1. The van der Waals surface area contributed by atoms with Crippen LogP contribution in [0.1, 0.15) is 57.9 Å². The third-order valence-corrected chi connectivity index (χ3v) is 9.91. The zero-order chi connectivity index (χ0) is 21.1. The molecule has 0 spiro atoms. The molecule has 1 aromatic heterocycles. The summed E-state index contributed by atoms with van der Waals surface area (Å²) < 4.78 is 1.07. The van der Waals surface area contributed by atoms with E-state index in [9.17, 15) is 5.11 Å². The summed E-state index contributed by atoms with van der Waals surface area (Å²) in [6, 6.07) is 6.39. The van der Waals surface area contributed by atoms with Crippen molar-refractivity contribution >= 4 is 44.0 Å². The molecule has 3 aliphatic carbocycles. The Morgan fingerprint density at radius 1 is 1.24 bits per heavy atom. The molecule has 1 aromatic carbocycles. The van der Waals surface area contributed by atoms with Gasteiger partial charge in [-0.15, -0.1) is 18.2 Å². The van der Waals surface area contributed by atoms with Crippen LogP contribution in [-0.2, 0) is 10.8 Å². The maximum Gasteiger partial charge on any atom is 0.101 e. The summed E-state index contributed by atoms with van der Waals surface area (Å²) in [5, 5.41) is 13.4. The Hall–Kier alpha value is -1.29. The van der Waals surface area contributed by atoms with Gasteiger partial charge in [-0.3, -0.25) is 0 Å². The molecule has 152 valence electrons. The van der Waals surface area contributed by atoms with Crippen molar-refractivity contribution in [2.75, 3.05) is 0 Å². The summed E-state index contributed by atoms with van der Waals surface area (Å²) in [7, 11) is 0. The lowest BCUT2D eigenvalue weighted by molar-refractivity contribution is 0.00869. The minimum atomic E-state index is -1.07. The highest BCUT2D eigenvalue weighted by Gasteiger charge is 2.60. The topological polar surface area (TPSA) is 36.0 Å². The van der Waals surface area contributed by atoms with Crippen molar-refractivity contribution in [1.82, 2.24) is 4.98 Å². The second kappa shape index (κ2) is 5.49. The minimum Gasteiger partial charge on any atom is -0.384 e. The van der Waals surface area contributed by atoms with Crippen LogP contribution in [0, 0.1) is 5.41 Å². The maximum absolute atomic E-state index is 12.4. The van der Waals surface area contributed by atoms with Gasteiger partial charge in [-0.1, -0.05) is 54.9 Å². The van der Waals surface area contributed by atoms with E-state index in [4.69, 9.17) is 11.6 Å². The fourth-order valence-corrected chi connectivity index (χ4v) is 6.60. The molecule has 3 atom stereocenters. The predicted octanol–water partition coefficient (Wildman–Crippen LogP) is 6.72. The van der Waals surface area contributed by atoms with Gasteiger partial charge in [0.1, 0.15) is 5.60 Å². The molecular formula is C25H27BrClNO. The fourth-order valence-electron chi connectivity index (χ4n) is 5.75. The molecule has 2 aromatic rings. The molecule has 1 heterocycles. The average Bonchev–Trinajstić information content (AvgIpc) is 3.01. The Kier molecular flexibility index (Phi) is 3.72. The van der Waals surface area contributed by atoms with E-state index >= 15 is 0 Å². The SMILES string of the molecule is C=C[C@]1(C)C2=C3c4c([nH]c5cccc(c45)C(C)(C)[C@@]3(O)C[C@H]1Cl)C(C)(C)C(Br)=C2. The first-order valence-corrected chi connectivity index (χ1v) is 11.4. The molecule has 0 radical (unpaired) electrons. The first kappa shape index (κ1) is 19.7. The third-order valence-electron chi connectivity index (χ3n) is 8.09. The largest absolute Gasteiger partial charge is 0.384 e. The van der Waals surface area contributed by atoms with E-state index in [1.165, 1.54) is 10.9 Å². The lowest BCUT2D eigenvalue weighted by atomic mass is 9.52. The molecule has 4 heteroatoms. The van der Waals surface area contributed by atoms with Crippen LogP contribution in [0.2, 0.25) is 0 Å². The zero-order valence-corrected chi connectivity index (χ0v) is 19.9. The first-order valence-electron chi connectivity index (χ1n) is 10.2. The van der Waals surface area contributed by atoms with Gasteiger partial charge >= 0.3 is 0 Å². The number of nitrogens with one attached hydrogen (secondary N) is 1. The van der Waals surface area contributed by atoms with Crippen molar-refractivity contribution in [3.8, 4) is 0 Å². The van der Waals surface area contributed by atoms with E-state index in [1.54, 1.807) is 0 Å². The molecule has 2 N–H and O–H groups in total. The van der Waals surface area contributed by atoms with Gasteiger partial charge in [-0.05, 0) is 49.1 Å². The fraction of sp³-hybridized carbons (Fsp3) is 0.440. The molecule has 0 saturated carbocycles. The predicted molar refractivity (Wildman–Crippen MR) is 126 cm³/mol. The lowest BCUT2D eigenvalue weighted by Gasteiger charge is -2.55. The Bertz CT molecular complexity index is 1170. The summed E-state index contributed by atoms with van der Waals surface area (Å²) in [4.78, 5) is 3.71. The number of allylic oxidation sites excluding steroid dienone is 4. The molecule has 2 nitrogen and oxygen atoms in total. The second-order valence-corrected chi connectivity index (χ2v) is 11.5. The number of aliphatic hydroxyl groups is 1. The average molecular weight is 473 g/mol. The van der Waals surface area contributed by atoms with Gasteiger partial charge in [0.15, 0.2) is 0 Å². The molecule has 0 amide bonds. The number of aromatic amines is 1. The Morgan fingerprint density at radius 3 is 2.59 bits per heavy atom. The van der Waals surface area contributed by atoms with E-state index in [1.807, 2.05) is 6.08 Å². The van der Waals surface area contributed by atoms with Crippen molar-refractivity contribution < 1.29 is 5.11 Å². The number of hydrogen-bond donors (Lipinski definition) is 2. The van der Waals surface area contributed by atoms with E-state index in [0.717, 1.165) is 32.4 Å². The van der Waals surface area contributed by atoms with E-state index < -0.39 is 16.4 Å². The van der Waals surface area contributed by atoms with Gasteiger partial charge in [0.05, 0.1) is 0 Å². The zero-order valence-electron chi connectivity index (χ0n) is 17.6. The molecule has 0 fully saturated rings.